The first-order chi connectivity index (χ1) is 13.0. The van der Waals surface area contributed by atoms with Gasteiger partial charge in [0.25, 0.3) is 11.3 Å². The molecular weight excluding hydrogens is 364 g/mol. The Morgan fingerprint density at radius 2 is 1.89 bits per heavy atom. The Labute approximate surface area is 160 Å². The van der Waals surface area contributed by atoms with E-state index in [0.717, 1.165) is 11.1 Å². The van der Waals surface area contributed by atoms with E-state index >= 15 is 0 Å². The SMILES string of the molecule is Cc1c(Cl)cccc1OC(C)c1cc(=O)n2[nH]c(-c3ccccc3)nc2n1. The Kier molecular flexibility index (Phi) is 4.41. The number of nitrogens with zero attached hydrogens (tertiary/aromatic N) is 3. The molecule has 6 nitrogen and oxygen atoms in total. The van der Waals surface area contributed by atoms with Gasteiger partial charge in [-0.05, 0) is 26.0 Å². The lowest BCUT2D eigenvalue weighted by molar-refractivity contribution is 0.220. The van der Waals surface area contributed by atoms with Crippen LogP contribution in [0.15, 0.2) is 59.4 Å². The third-order valence-corrected chi connectivity index (χ3v) is 4.75. The van der Waals surface area contributed by atoms with E-state index in [2.05, 4.69) is 15.1 Å². The van der Waals surface area contributed by atoms with Crippen molar-refractivity contribution in [1.29, 1.82) is 0 Å². The number of ether oxygens (including phenoxy) is 1. The summed E-state index contributed by atoms with van der Waals surface area (Å²) >= 11 is 6.14. The second-order valence-electron chi connectivity index (χ2n) is 6.22. The second kappa shape index (κ2) is 6.89. The number of halogens is 1. The molecule has 1 N–H and O–H groups in total. The number of benzene rings is 2. The van der Waals surface area contributed by atoms with E-state index in [1.165, 1.54) is 10.6 Å². The lowest BCUT2D eigenvalue weighted by atomic mass is 10.2. The van der Waals surface area contributed by atoms with Gasteiger partial charge < -0.3 is 4.74 Å². The minimum Gasteiger partial charge on any atom is -0.484 e. The van der Waals surface area contributed by atoms with Crippen molar-refractivity contribution in [2.45, 2.75) is 20.0 Å². The highest BCUT2D eigenvalue weighted by Crippen LogP contribution is 2.28. The molecule has 0 spiro atoms. The largest absolute Gasteiger partial charge is 0.484 e. The average Bonchev–Trinajstić information content (AvgIpc) is 3.11. The van der Waals surface area contributed by atoms with Crippen molar-refractivity contribution in [3.05, 3.63) is 81.2 Å². The molecule has 2 aromatic carbocycles. The zero-order chi connectivity index (χ0) is 19.0. The van der Waals surface area contributed by atoms with Gasteiger partial charge in [0.15, 0.2) is 5.82 Å². The molecule has 0 saturated carbocycles. The first kappa shape index (κ1) is 17.3. The smallest absolute Gasteiger partial charge is 0.274 e. The Hall–Kier alpha value is -3.12. The first-order valence-corrected chi connectivity index (χ1v) is 8.87. The van der Waals surface area contributed by atoms with Crippen molar-refractivity contribution >= 4 is 17.4 Å². The molecule has 4 rings (SSSR count). The Morgan fingerprint density at radius 3 is 2.67 bits per heavy atom. The van der Waals surface area contributed by atoms with Crippen LogP contribution < -0.4 is 10.3 Å². The molecule has 0 bridgehead atoms. The Bertz CT molecular complexity index is 1170. The highest BCUT2D eigenvalue weighted by atomic mass is 35.5. The Morgan fingerprint density at radius 1 is 1.11 bits per heavy atom. The van der Waals surface area contributed by atoms with E-state index in [4.69, 9.17) is 16.3 Å². The summed E-state index contributed by atoms with van der Waals surface area (Å²) in [5.41, 5.74) is 1.98. The number of H-pyrrole nitrogens is 1. The molecule has 0 aliphatic carbocycles. The van der Waals surface area contributed by atoms with Crippen LogP contribution in [0.1, 0.15) is 24.3 Å². The zero-order valence-electron chi connectivity index (χ0n) is 14.8. The molecule has 0 aliphatic rings. The lowest BCUT2D eigenvalue weighted by Crippen LogP contribution is -2.18. The van der Waals surface area contributed by atoms with Crippen molar-refractivity contribution in [2.75, 3.05) is 0 Å². The molecule has 0 amide bonds. The van der Waals surface area contributed by atoms with E-state index in [1.807, 2.05) is 56.3 Å². The minimum atomic E-state index is -0.434. The van der Waals surface area contributed by atoms with Gasteiger partial charge in [0, 0.05) is 22.2 Å². The van der Waals surface area contributed by atoms with E-state index < -0.39 is 6.10 Å². The normalized spacial score (nSPS) is 12.3. The van der Waals surface area contributed by atoms with Crippen molar-refractivity contribution in [3.63, 3.8) is 0 Å². The fraction of sp³-hybridized carbons (Fsp3) is 0.150. The number of rotatable bonds is 4. The molecular formula is C20H17ClN4O2. The van der Waals surface area contributed by atoms with Gasteiger partial charge in [-0.15, -0.1) is 0 Å². The monoisotopic (exact) mass is 380 g/mol. The highest BCUT2D eigenvalue weighted by molar-refractivity contribution is 6.31. The number of hydrogen-bond donors (Lipinski definition) is 1. The van der Waals surface area contributed by atoms with E-state index in [9.17, 15) is 4.79 Å². The molecule has 4 aromatic rings. The van der Waals surface area contributed by atoms with Crippen molar-refractivity contribution in [1.82, 2.24) is 19.6 Å². The van der Waals surface area contributed by atoms with Gasteiger partial charge in [-0.1, -0.05) is 48.0 Å². The minimum absolute atomic E-state index is 0.247. The van der Waals surface area contributed by atoms with Gasteiger partial charge in [0.05, 0.1) is 5.69 Å². The van der Waals surface area contributed by atoms with Crippen LogP contribution in [0.3, 0.4) is 0 Å². The van der Waals surface area contributed by atoms with E-state index in [1.54, 1.807) is 6.07 Å². The first-order valence-electron chi connectivity index (χ1n) is 8.50. The maximum Gasteiger partial charge on any atom is 0.274 e. The summed E-state index contributed by atoms with van der Waals surface area (Å²) in [6, 6.07) is 16.5. The van der Waals surface area contributed by atoms with Crippen molar-refractivity contribution in [3.8, 4) is 17.1 Å². The third kappa shape index (κ3) is 3.31. The molecule has 0 fully saturated rings. The topological polar surface area (TPSA) is 72.3 Å². The maximum atomic E-state index is 12.5. The molecule has 1 atom stereocenters. The van der Waals surface area contributed by atoms with Crippen LogP contribution in [0.4, 0.5) is 0 Å². The quantitative estimate of drug-likeness (QED) is 0.576. The fourth-order valence-corrected chi connectivity index (χ4v) is 2.96. The summed E-state index contributed by atoms with van der Waals surface area (Å²) < 4.78 is 7.30. The number of nitrogens with one attached hydrogen (secondary N) is 1. The van der Waals surface area contributed by atoms with Crippen LogP contribution in [0.2, 0.25) is 5.02 Å². The van der Waals surface area contributed by atoms with Gasteiger partial charge in [-0.3, -0.25) is 9.89 Å². The summed E-state index contributed by atoms with van der Waals surface area (Å²) in [5, 5.41) is 3.61. The number of aromatic nitrogens is 4. The predicted molar refractivity (Wildman–Crippen MR) is 104 cm³/mol. The van der Waals surface area contributed by atoms with Crippen molar-refractivity contribution < 1.29 is 4.74 Å². The highest BCUT2D eigenvalue weighted by Gasteiger charge is 2.16. The molecule has 0 radical (unpaired) electrons. The van der Waals surface area contributed by atoms with Crippen LogP contribution in [0, 0.1) is 6.92 Å². The average molecular weight is 381 g/mol. The van der Waals surface area contributed by atoms with Gasteiger partial charge in [-0.2, -0.15) is 9.50 Å². The fourth-order valence-electron chi connectivity index (χ4n) is 2.80. The molecule has 2 heterocycles. The molecule has 27 heavy (non-hydrogen) atoms. The van der Waals surface area contributed by atoms with Gasteiger partial charge in [0.1, 0.15) is 11.9 Å². The lowest BCUT2D eigenvalue weighted by Gasteiger charge is -2.16. The number of aromatic amines is 1. The van der Waals surface area contributed by atoms with Crippen LogP contribution >= 0.6 is 11.6 Å². The van der Waals surface area contributed by atoms with E-state index in [0.29, 0.717) is 28.1 Å². The van der Waals surface area contributed by atoms with Crippen LogP contribution in [-0.4, -0.2) is 19.6 Å². The number of hydrogen-bond acceptors (Lipinski definition) is 4. The summed E-state index contributed by atoms with van der Waals surface area (Å²) in [6.45, 7) is 3.72. The zero-order valence-corrected chi connectivity index (χ0v) is 15.6. The maximum absolute atomic E-state index is 12.5. The van der Waals surface area contributed by atoms with E-state index in [-0.39, 0.29) is 5.56 Å². The summed E-state index contributed by atoms with van der Waals surface area (Å²) in [7, 11) is 0. The Balaban J connectivity index is 1.70. The summed E-state index contributed by atoms with van der Waals surface area (Å²) in [5.74, 6) is 1.54. The molecule has 136 valence electrons. The molecule has 1 unspecified atom stereocenters. The molecule has 2 aromatic heterocycles. The third-order valence-electron chi connectivity index (χ3n) is 4.34. The second-order valence-corrected chi connectivity index (χ2v) is 6.62. The number of fused-ring (bicyclic) bond motifs is 1. The predicted octanol–water partition coefficient (Wildman–Crippen LogP) is 4.19. The molecule has 0 saturated heterocycles. The van der Waals surface area contributed by atoms with Gasteiger partial charge >= 0.3 is 0 Å². The van der Waals surface area contributed by atoms with Crippen molar-refractivity contribution in [2.24, 2.45) is 0 Å². The summed E-state index contributed by atoms with van der Waals surface area (Å²) in [4.78, 5) is 21.4. The van der Waals surface area contributed by atoms with Crippen LogP contribution in [0.25, 0.3) is 17.2 Å². The van der Waals surface area contributed by atoms with Gasteiger partial charge in [-0.25, -0.2) is 4.98 Å². The standard InChI is InChI=1S/C20H17ClN4O2/c1-12-15(21)9-6-10-17(12)27-13(2)16-11-18(26)25-20(22-16)23-19(24-25)14-7-4-3-5-8-14/h3-11,13H,1-2H3,(H,22,23,24). The summed E-state index contributed by atoms with van der Waals surface area (Å²) in [6.07, 6.45) is -0.434. The molecule has 0 aliphatic heterocycles. The van der Waals surface area contributed by atoms with Crippen LogP contribution in [-0.2, 0) is 0 Å². The molecule has 7 heteroatoms. The van der Waals surface area contributed by atoms with Crippen LogP contribution in [0.5, 0.6) is 5.75 Å². The van der Waals surface area contributed by atoms with Gasteiger partial charge in [0.2, 0.25) is 0 Å².